The van der Waals surface area contributed by atoms with Crippen molar-refractivity contribution < 1.29 is 31.1 Å². The molecule has 5 nitrogen and oxygen atoms in total. The lowest BCUT2D eigenvalue weighted by molar-refractivity contribution is -0.137. The number of aryl methyl sites for hydroxylation is 2. The first-order valence-corrected chi connectivity index (χ1v) is 10.3. The van der Waals surface area contributed by atoms with E-state index in [0.29, 0.717) is 26.9 Å². The van der Waals surface area contributed by atoms with Gasteiger partial charge in [-0.25, -0.2) is 4.98 Å². The Labute approximate surface area is 198 Å². The fraction of sp³-hybridized carbons (Fsp3) is 0.381. The third kappa shape index (κ3) is 5.83. The number of rotatable bonds is 7. The summed E-state index contributed by atoms with van der Waals surface area (Å²) in [4.78, 5) is 5.04. The second-order valence-corrected chi connectivity index (χ2v) is 8.13. The number of anilines is 3. The van der Waals surface area contributed by atoms with Gasteiger partial charge >= 0.3 is 12.4 Å². The zero-order valence-corrected chi connectivity index (χ0v) is 19.2. The molecule has 1 aromatic heterocycles. The highest BCUT2D eigenvalue weighted by Gasteiger charge is 2.35. The highest BCUT2D eigenvalue weighted by atomic mass is 35.5. The Morgan fingerprint density at radius 2 is 1.82 bits per heavy atom. The average Bonchev–Trinajstić information content (AvgIpc) is 3.03. The van der Waals surface area contributed by atoms with Gasteiger partial charge < -0.3 is 19.5 Å². The zero-order chi connectivity index (χ0) is 25.4. The molecule has 2 aromatic carbocycles. The number of nitrogens with one attached hydrogen (secondary N) is 1. The molecule has 0 fully saturated rings. The molecule has 1 heterocycles. The maximum Gasteiger partial charge on any atom is 0.405 e. The van der Waals surface area contributed by atoms with Crippen LogP contribution in [0.5, 0.6) is 5.75 Å². The minimum atomic E-state index is -4.73. The predicted molar refractivity (Wildman–Crippen MR) is 121 cm³/mol. The van der Waals surface area contributed by atoms with Crippen LogP contribution in [0.25, 0.3) is 11.0 Å². The number of benzene rings is 2. The molecule has 0 aliphatic rings. The van der Waals surface area contributed by atoms with E-state index in [1.807, 2.05) is 0 Å². The van der Waals surface area contributed by atoms with Crippen LogP contribution in [0.15, 0.2) is 24.3 Å². The molecular formula is C21H20BClF6N4O. The first-order chi connectivity index (χ1) is 15.7. The summed E-state index contributed by atoms with van der Waals surface area (Å²) in [7, 11) is 8.97. The largest absolute Gasteiger partial charge is 0.495 e. The molecule has 2 radical (unpaired) electrons. The lowest BCUT2D eigenvalue weighted by Crippen LogP contribution is -2.37. The topological polar surface area (TPSA) is 42.3 Å². The summed E-state index contributed by atoms with van der Waals surface area (Å²) in [5.41, 5.74) is 1.59. The summed E-state index contributed by atoms with van der Waals surface area (Å²) in [6.45, 7) is -0.693. The van der Waals surface area contributed by atoms with Crippen LogP contribution < -0.4 is 20.4 Å². The third-order valence-corrected chi connectivity index (χ3v) is 5.35. The molecule has 3 aromatic rings. The SMILES string of the molecule is [B]c1ccc(N(CCC(F)(F)F)CC(F)(F)F)c2c1nc(Nc1c(C)cc(Cl)cc1OC)n2C. The van der Waals surface area contributed by atoms with Crippen LogP contribution in [-0.2, 0) is 7.05 Å². The summed E-state index contributed by atoms with van der Waals surface area (Å²) in [5, 5.41) is 3.50. The highest BCUT2D eigenvalue weighted by Crippen LogP contribution is 2.36. The summed E-state index contributed by atoms with van der Waals surface area (Å²) < 4.78 is 85.0. The molecule has 1 N–H and O–H groups in total. The van der Waals surface area contributed by atoms with Crippen molar-refractivity contribution in [2.24, 2.45) is 7.05 Å². The van der Waals surface area contributed by atoms with E-state index in [9.17, 15) is 26.3 Å². The number of fused-ring (bicyclic) bond motifs is 1. The van der Waals surface area contributed by atoms with Gasteiger partial charge in [0.05, 0.1) is 35.9 Å². The number of halogens is 7. The van der Waals surface area contributed by atoms with Crippen molar-refractivity contribution in [3.05, 3.63) is 34.9 Å². The van der Waals surface area contributed by atoms with Crippen LogP contribution in [0.3, 0.4) is 0 Å². The number of hydrogen-bond acceptors (Lipinski definition) is 4. The zero-order valence-electron chi connectivity index (χ0n) is 18.4. The van der Waals surface area contributed by atoms with E-state index in [-0.39, 0.29) is 28.1 Å². The number of ether oxygens (including phenoxy) is 1. The fourth-order valence-electron chi connectivity index (χ4n) is 3.59. The van der Waals surface area contributed by atoms with Gasteiger partial charge in [0.25, 0.3) is 0 Å². The van der Waals surface area contributed by atoms with Crippen molar-refractivity contribution in [1.82, 2.24) is 9.55 Å². The van der Waals surface area contributed by atoms with E-state index < -0.39 is 31.9 Å². The number of aromatic nitrogens is 2. The molecule has 0 spiro atoms. The Morgan fingerprint density at radius 3 is 2.41 bits per heavy atom. The smallest absolute Gasteiger partial charge is 0.405 e. The first-order valence-electron chi connectivity index (χ1n) is 9.94. The average molecular weight is 505 g/mol. The van der Waals surface area contributed by atoms with Crippen molar-refractivity contribution >= 4 is 53.3 Å². The summed E-state index contributed by atoms with van der Waals surface area (Å²) >= 11 is 6.07. The van der Waals surface area contributed by atoms with Crippen molar-refractivity contribution in [2.75, 3.05) is 30.4 Å². The minimum Gasteiger partial charge on any atom is -0.495 e. The van der Waals surface area contributed by atoms with Crippen molar-refractivity contribution in [2.45, 2.75) is 25.7 Å². The van der Waals surface area contributed by atoms with E-state index in [2.05, 4.69) is 10.3 Å². The Morgan fingerprint density at radius 1 is 1.15 bits per heavy atom. The van der Waals surface area contributed by atoms with Crippen LogP contribution >= 0.6 is 11.6 Å². The molecule has 0 atom stereocenters. The molecule has 13 heteroatoms. The summed E-state index contributed by atoms with van der Waals surface area (Å²) in [6.07, 6.45) is -10.8. The molecular weight excluding hydrogens is 485 g/mol. The van der Waals surface area contributed by atoms with Gasteiger partial charge in [0.2, 0.25) is 5.95 Å². The van der Waals surface area contributed by atoms with E-state index in [0.717, 1.165) is 0 Å². The Balaban J connectivity index is 2.13. The first kappa shape index (κ1) is 25.9. The van der Waals surface area contributed by atoms with E-state index >= 15 is 0 Å². The molecule has 3 rings (SSSR count). The van der Waals surface area contributed by atoms with Crippen LogP contribution in [0, 0.1) is 6.92 Å². The number of hydrogen-bond donors (Lipinski definition) is 1. The van der Waals surface area contributed by atoms with Crippen molar-refractivity contribution in [3.8, 4) is 5.75 Å². The number of methoxy groups -OCH3 is 1. The molecule has 0 bridgehead atoms. The molecule has 0 saturated heterocycles. The summed E-state index contributed by atoms with van der Waals surface area (Å²) in [5.74, 6) is 0.592. The standard InChI is InChI=1S/C21H20BClF6N4O/c1-11-8-12(23)9-15(34-3)16(11)30-19-31-17-13(22)4-5-14(18(17)32(19)2)33(10-21(27,28)29)7-6-20(24,25)26/h4-5,8-9H,6-7,10H2,1-3H3,(H,30,31). The Hall–Kier alpha value is -2.76. The second kappa shape index (κ2) is 9.48. The van der Waals surface area contributed by atoms with Gasteiger partial charge in [0, 0.05) is 24.7 Å². The highest BCUT2D eigenvalue weighted by molar-refractivity contribution is 6.38. The van der Waals surface area contributed by atoms with Crippen LogP contribution in [0.4, 0.5) is 43.7 Å². The second-order valence-electron chi connectivity index (χ2n) is 7.69. The fourth-order valence-corrected chi connectivity index (χ4v) is 3.86. The van der Waals surface area contributed by atoms with Crippen LogP contribution in [0.1, 0.15) is 12.0 Å². The van der Waals surface area contributed by atoms with Gasteiger partial charge in [-0.3, -0.25) is 0 Å². The predicted octanol–water partition coefficient (Wildman–Crippen LogP) is 5.40. The lowest BCUT2D eigenvalue weighted by Gasteiger charge is -2.27. The molecule has 34 heavy (non-hydrogen) atoms. The van der Waals surface area contributed by atoms with Gasteiger partial charge in [-0.15, -0.1) is 0 Å². The quantitative estimate of drug-likeness (QED) is 0.346. The number of alkyl halides is 6. The number of imidazole rings is 1. The van der Waals surface area contributed by atoms with E-state index in [1.54, 1.807) is 19.1 Å². The lowest BCUT2D eigenvalue weighted by atomic mass is 9.94. The van der Waals surface area contributed by atoms with Gasteiger partial charge in [0.15, 0.2) is 0 Å². The monoisotopic (exact) mass is 504 g/mol. The van der Waals surface area contributed by atoms with Gasteiger partial charge in [-0.05, 0) is 24.6 Å². The van der Waals surface area contributed by atoms with E-state index in [4.69, 9.17) is 24.2 Å². The minimum absolute atomic E-state index is 0.0754. The van der Waals surface area contributed by atoms with Gasteiger partial charge in [-0.1, -0.05) is 23.1 Å². The molecule has 0 aliphatic heterocycles. The molecule has 0 aliphatic carbocycles. The summed E-state index contributed by atoms with van der Waals surface area (Å²) in [6, 6.07) is 5.83. The maximum atomic E-state index is 13.2. The van der Waals surface area contributed by atoms with Crippen molar-refractivity contribution in [3.63, 3.8) is 0 Å². The number of nitrogens with zero attached hydrogens (tertiary/aromatic N) is 3. The van der Waals surface area contributed by atoms with E-state index in [1.165, 1.54) is 30.9 Å². The maximum absolute atomic E-state index is 13.2. The van der Waals surface area contributed by atoms with Gasteiger partial charge in [-0.2, -0.15) is 26.3 Å². The molecule has 0 saturated carbocycles. The van der Waals surface area contributed by atoms with Crippen molar-refractivity contribution in [1.29, 1.82) is 0 Å². The third-order valence-electron chi connectivity index (χ3n) is 5.13. The van der Waals surface area contributed by atoms with Crippen LogP contribution in [0.2, 0.25) is 5.02 Å². The molecule has 182 valence electrons. The molecule has 0 amide bonds. The van der Waals surface area contributed by atoms with Gasteiger partial charge in [0.1, 0.15) is 20.1 Å². The van der Waals surface area contributed by atoms with Crippen LogP contribution in [-0.4, -0.2) is 49.9 Å². The Kier molecular flexibility index (Phi) is 7.21. The Bertz CT molecular complexity index is 1190. The normalized spacial score (nSPS) is 12.3. The molecule has 0 unspecified atom stereocenters.